The lowest BCUT2D eigenvalue weighted by Crippen LogP contribution is -2.22. The second kappa shape index (κ2) is 8.23. The van der Waals surface area contributed by atoms with Crippen LogP contribution in [0.25, 0.3) is 10.8 Å². The highest BCUT2D eigenvalue weighted by Gasteiger charge is 2.22. The number of nitrogens with zero attached hydrogens (tertiary/aromatic N) is 3. The standard InChI is InChI=1S/C19H19ClN4O2S2/c1-10-3-5-14-12(7-10)8-15(28-14)18-23-24-19(26-18)27-11(2)17(25)22-16-6-4-13(20)9-21-16/h4,6,8-11H,3,5,7H2,1-2H3,(H,21,22,25)/t10-,11-/m1/s1. The van der Waals surface area contributed by atoms with E-state index in [1.807, 2.05) is 0 Å². The van der Waals surface area contributed by atoms with Crippen molar-refractivity contribution in [2.24, 2.45) is 5.92 Å². The van der Waals surface area contributed by atoms with Crippen LogP contribution in [0, 0.1) is 5.92 Å². The van der Waals surface area contributed by atoms with Crippen LogP contribution in [0.2, 0.25) is 5.02 Å². The number of carbonyl (C=O) groups excluding carboxylic acids is 1. The number of thioether (sulfide) groups is 1. The molecule has 3 aromatic heterocycles. The Bertz CT molecular complexity index is 986. The highest BCUT2D eigenvalue weighted by molar-refractivity contribution is 8.00. The number of rotatable bonds is 5. The number of fused-ring (bicyclic) bond motifs is 1. The van der Waals surface area contributed by atoms with Crippen molar-refractivity contribution in [3.63, 3.8) is 0 Å². The van der Waals surface area contributed by atoms with E-state index in [2.05, 4.69) is 33.5 Å². The molecule has 1 aliphatic carbocycles. The summed E-state index contributed by atoms with van der Waals surface area (Å²) >= 11 is 8.76. The quantitative estimate of drug-likeness (QED) is 0.563. The van der Waals surface area contributed by atoms with Gasteiger partial charge in [0.15, 0.2) is 0 Å². The molecule has 1 aliphatic rings. The molecule has 0 fully saturated rings. The number of anilines is 1. The summed E-state index contributed by atoms with van der Waals surface area (Å²) in [6, 6.07) is 5.50. The molecule has 146 valence electrons. The van der Waals surface area contributed by atoms with E-state index in [9.17, 15) is 4.79 Å². The Morgan fingerprint density at radius 1 is 1.43 bits per heavy atom. The van der Waals surface area contributed by atoms with Crippen molar-refractivity contribution in [1.82, 2.24) is 15.2 Å². The first-order chi connectivity index (χ1) is 13.5. The lowest BCUT2D eigenvalue weighted by Gasteiger charge is -2.16. The molecule has 3 aromatic rings. The monoisotopic (exact) mass is 434 g/mol. The van der Waals surface area contributed by atoms with Gasteiger partial charge in [-0.25, -0.2) is 4.98 Å². The molecule has 2 atom stereocenters. The highest BCUT2D eigenvalue weighted by Crippen LogP contribution is 2.37. The van der Waals surface area contributed by atoms with E-state index in [0.29, 0.717) is 22.0 Å². The van der Waals surface area contributed by atoms with Crippen molar-refractivity contribution in [2.45, 2.75) is 43.6 Å². The van der Waals surface area contributed by atoms with Crippen LogP contribution in [0.1, 0.15) is 30.7 Å². The topological polar surface area (TPSA) is 80.9 Å². The van der Waals surface area contributed by atoms with Crippen LogP contribution >= 0.6 is 34.7 Å². The van der Waals surface area contributed by atoms with Gasteiger partial charge >= 0.3 is 0 Å². The van der Waals surface area contributed by atoms with Crippen LogP contribution in [0.5, 0.6) is 0 Å². The summed E-state index contributed by atoms with van der Waals surface area (Å²) in [5.74, 6) is 1.49. The van der Waals surface area contributed by atoms with E-state index >= 15 is 0 Å². The molecule has 0 saturated carbocycles. The third kappa shape index (κ3) is 4.39. The number of hydrogen-bond donors (Lipinski definition) is 1. The van der Waals surface area contributed by atoms with Gasteiger partial charge in [-0.2, -0.15) is 0 Å². The predicted molar refractivity (Wildman–Crippen MR) is 112 cm³/mol. The van der Waals surface area contributed by atoms with Crippen LogP contribution in [-0.4, -0.2) is 26.3 Å². The summed E-state index contributed by atoms with van der Waals surface area (Å²) in [4.78, 5) is 18.8. The Labute approximate surface area is 176 Å². The number of hydrogen-bond acceptors (Lipinski definition) is 7. The molecular weight excluding hydrogens is 416 g/mol. The number of nitrogens with one attached hydrogen (secondary N) is 1. The van der Waals surface area contributed by atoms with E-state index in [0.717, 1.165) is 23.6 Å². The van der Waals surface area contributed by atoms with Crippen molar-refractivity contribution in [3.8, 4) is 10.8 Å². The maximum Gasteiger partial charge on any atom is 0.277 e. The highest BCUT2D eigenvalue weighted by atomic mass is 35.5. The predicted octanol–water partition coefficient (Wildman–Crippen LogP) is 5.09. The first-order valence-electron chi connectivity index (χ1n) is 9.02. The van der Waals surface area contributed by atoms with E-state index in [1.165, 1.54) is 34.8 Å². The van der Waals surface area contributed by atoms with Gasteiger partial charge < -0.3 is 9.73 Å². The average Bonchev–Trinajstić information content (AvgIpc) is 3.29. The molecule has 0 unspecified atom stereocenters. The summed E-state index contributed by atoms with van der Waals surface area (Å²) in [5.41, 5.74) is 1.40. The number of halogens is 1. The van der Waals surface area contributed by atoms with Gasteiger partial charge in [-0.1, -0.05) is 30.3 Å². The van der Waals surface area contributed by atoms with Gasteiger partial charge in [-0.05, 0) is 55.9 Å². The molecule has 3 heterocycles. The molecule has 0 aliphatic heterocycles. The third-order valence-electron chi connectivity index (χ3n) is 4.57. The lowest BCUT2D eigenvalue weighted by atomic mass is 9.90. The number of thiophene rings is 1. The molecular formula is C19H19ClN4O2S2. The SMILES string of the molecule is C[C@@H]1CCc2sc(-c3nnc(S[C@H](C)C(=O)Nc4ccc(Cl)cn4)o3)cc2C1. The Hall–Kier alpha value is -1.90. The maximum absolute atomic E-state index is 12.3. The van der Waals surface area contributed by atoms with Gasteiger partial charge in [-0.3, -0.25) is 4.79 Å². The van der Waals surface area contributed by atoms with Crippen molar-refractivity contribution in [1.29, 1.82) is 0 Å². The fourth-order valence-electron chi connectivity index (χ4n) is 3.05. The van der Waals surface area contributed by atoms with Crippen LogP contribution in [0.15, 0.2) is 34.0 Å². The minimum atomic E-state index is -0.414. The summed E-state index contributed by atoms with van der Waals surface area (Å²) in [6.07, 6.45) is 4.94. The summed E-state index contributed by atoms with van der Waals surface area (Å²) in [5, 5.41) is 11.5. The normalized spacial score (nSPS) is 17.2. The summed E-state index contributed by atoms with van der Waals surface area (Å²) < 4.78 is 5.80. The van der Waals surface area contributed by atoms with Crippen molar-refractivity contribution < 1.29 is 9.21 Å². The fraction of sp³-hybridized carbons (Fsp3) is 0.368. The average molecular weight is 435 g/mol. The summed E-state index contributed by atoms with van der Waals surface area (Å²) in [6.45, 7) is 4.07. The zero-order valence-corrected chi connectivity index (χ0v) is 17.8. The Kier molecular flexibility index (Phi) is 5.70. The minimum absolute atomic E-state index is 0.194. The minimum Gasteiger partial charge on any atom is -0.410 e. The van der Waals surface area contributed by atoms with Gasteiger partial charge in [0.25, 0.3) is 11.1 Å². The van der Waals surface area contributed by atoms with Crippen LogP contribution in [0.3, 0.4) is 0 Å². The maximum atomic E-state index is 12.3. The molecule has 1 N–H and O–H groups in total. The molecule has 4 rings (SSSR count). The van der Waals surface area contributed by atoms with E-state index in [4.69, 9.17) is 16.0 Å². The molecule has 0 bridgehead atoms. The zero-order valence-electron chi connectivity index (χ0n) is 15.4. The second-order valence-electron chi connectivity index (χ2n) is 6.89. The molecule has 9 heteroatoms. The Morgan fingerprint density at radius 2 is 2.29 bits per heavy atom. The molecule has 28 heavy (non-hydrogen) atoms. The molecule has 0 radical (unpaired) electrons. The van der Waals surface area contributed by atoms with Crippen molar-refractivity contribution >= 4 is 46.4 Å². The molecule has 0 spiro atoms. The van der Waals surface area contributed by atoms with Crippen LogP contribution < -0.4 is 5.32 Å². The second-order valence-corrected chi connectivity index (χ2v) is 9.76. The number of amides is 1. The van der Waals surface area contributed by atoms with E-state index < -0.39 is 5.25 Å². The van der Waals surface area contributed by atoms with Crippen molar-refractivity contribution in [2.75, 3.05) is 5.32 Å². The third-order valence-corrected chi connectivity index (χ3v) is 6.95. The Morgan fingerprint density at radius 3 is 3.07 bits per heavy atom. The lowest BCUT2D eigenvalue weighted by molar-refractivity contribution is -0.115. The van der Waals surface area contributed by atoms with E-state index in [1.54, 1.807) is 30.4 Å². The van der Waals surface area contributed by atoms with Crippen LogP contribution in [0.4, 0.5) is 5.82 Å². The number of aromatic nitrogens is 3. The first-order valence-corrected chi connectivity index (χ1v) is 11.1. The Balaban J connectivity index is 1.40. The molecule has 0 aromatic carbocycles. The molecule has 0 saturated heterocycles. The summed E-state index contributed by atoms with van der Waals surface area (Å²) in [7, 11) is 0. The fourth-order valence-corrected chi connectivity index (χ4v) is 4.98. The number of carbonyl (C=O) groups is 1. The number of pyridine rings is 1. The van der Waals surface area contributed by atoms with Gasteiger partial charge in [0, 0.05) is 11.1 Å². The van der Waals surface area contributed by atoms with Gasteiger partial charge in [0.1, 0.15) is 5.82 Å². The van der Waals surface area contributed by atoms with Crippen molar-refractivity contribution in [3.05, 3.63) is 39.9 Å². The number of aryl methyl sites for hydroxylation is 1. The smallest absolute Gasteiger partial charge is 0.277 e. The zero-order chi connectivity index (χ0) is 19.7. The molecule has 1 amide bonds. The molecule has 6 nitrogen and oxygen atoms in total. The van der Waals surface area contributed by atoms with Gasteiger partial charge in [0.05, 0.1) is 15.1 Å². The van der Waals surface area contributed by atoms with Crippen LogP contribution in [-0.2, 0) is 17.6 Å². The van der Waals surface area contributed by atoms with E-state index in [-0.39, 0.29) is 5.91 Å². The van der Waals surface area contributed by atoms with Gasteiger partial charge in [0.2, 0.25) is 5.91 Å². The first kappa shape index (κ1) is 19.4. The largest absolute Gasteiger partial charge is 0.410 e. The van der Waals surface area contributed by atoms with Gasteiger partial charge in [-0.15, -0.1) is 21.5 Å².